The van der Waals surface area contributed by atoms with Crippen molar-refractivity contribution in [1.82, 2.24) is 9.97 Å². The van der Waals surface area contributed by atoms with Gasteiger partial charge in [0.25, 0.3) is 0 Å². The van der Waals surface area contributed by atoms with E-state index in [1.807, 2.05) is 31.4 Å². The highest BCUT2D eigenvalue weighted by atomic mass is 15.2. The monoisotopic (exact) mass is 278 g/mol. The van der Waals surface area contributed by atoms with Crippen LogP contribution in [0.1, 0.15) is 11.3 Å². The molecule has 0 spiro atoms. The van der Waals surface area contributed by atoms with Crippen LogP contribution in [-0.2, 0) is 13.1 Å². The lowest BCUT2D eigenvalue weighted by atomic mass is 10.1. The van der Waals surface area contributed by atoms with E-state index in [-0.39, 0.29) is 0 Å². The zero-order chi connectivity index (χ0) is 14.7. The zero-order valence-corrected chi connectivity index (χ0v) is 12.0. The van der Waals surface area contributed by atoms with E-state index in [4.69, 9.17) is 10.7 Å². The van der Waals surface area contributed by atoms with Crippen molar-refractivity contribution in [1.29, 1.82) is 0 Å². The van der Waals surface area contributed by atoms with Crippen molar-refractivity contribution in [2.45, 2.75) is 13.1 Å². The van der Waals surface area contributed by atoms with Crippen molar-refractivity contribution in [2.75, 3.05) is 11.9 Å². The van der Waals surface area contributed by atoms with Crippen molar-refractivity contribution in [2.24, 2.45) is 5.73 Å². The van der Waals surface area contributed by atoms with Crippen molar-refractivity contribution in [3.8, 4) is 0 Å². The van der Waals surface area contributed by atoms with E-state index in [9.17, 15) is 0 Å². The molecule has 4 nitrogen and oxygen atoms in total. The number of rotatable bonds is 4. The molecule has 0 aliphatic carbocycles. The second kappa shape index (κ2) is 5.89. The Balaban J connectivity index is 2.02. The molecule has 4 heteroatoms. The molecule has 1 aromatic carbocycles. The van der Waals surface area contributed by atoms with E-state index in [1.54, 1.807) is 6.20 Å². The van der Waals surface area contributed by atoms with Gasteiger partial charge in [-0.15, -0.1) is 0 Å². The standard InChI is InChI=1S/C17H18N4/c1-21(12-13-5-4-8-19-11-13)17-16-7-3-2-6-14(16)9-15(10-18)20-17/h2-9,11H,10,12,18H2,1H3. The maximum absolute atomic E-state index is 5.77. The van der Waals surface area contributed by atoms with Crippen LogP contribution >= 0.6 is 0 Å². The summed E-state index contributed by atoms with van der Waals surface area (Å²) in [6.07, 6.45) is 3.66. The summed E-state index contributed by atoms with van der Waals surface area (Å²) in [5, 5.41) is 2.31. The average molecular weight is 278 g/mol. The third-order valence-corrected chi connectivity index (χ3v) is 3.49. The smallest absolute Gasteiger partial charge is 0.136 e. The van der Waals surface area contributed by atoms with Gasteiger partial charge in [0.15, 0.2) is 0 Å². The van der Waals surface area contributed by atoms with Gasteiger partial charge in [-0.3, -0.25) is 4.98 Å². The molecule has 2 heterocycles. The van der Waals surface area contributed by atoms with Gasteiger partial charge in [-0.05, 0) is 23.1 Å². The van der Waals surface area contributed by atoms with Gasteiger partial charge in [-0.1, -0.05) is 30.3 Å². The number of pyridine rings is 2. The summed E-state index contributed by atoms with van der Waals surface area (Å²) in [5.74, 6) is 0.956. The molecular formula is C17H18N4. The molecule has 0 saturated heterocycles. The Kier molecular flexibility index (Phi) is 3.79. The van der Waals surface area contributed by atoms with Gasteiger partial charge in [0, 0.05) is 37.9 Å². The number of hydrogen-bond acceptors (Lipinski definition) is 4. The predicted molar refractivity (Wildman–Crippen MR) is 86.0 cm³/mol. The van der Waals surface area contributed by atoms with Crippen LogP contribution in [-0.4, -0.2) is 17.0 Å². The Morgan fingerprint density at radius 2 is 2.00 bits per heavy atom. The molecule has 21 heavy (non-hydrogen) atoms. The van der Waals surface area contributed by atoms with Gasteiger partial charge in [0.1, 0.15) is 5.82 Å². The number of fused-ring (bicyclic) bond motifs is 1. The molecule has 0 bridgehead atoms. The Hall–Kier alpha value is -2.46. The minimum Gasteiger partial charge on any atom is -0.355 e. The van der Waals surface area contributed by atoms with Gasteiger partial charge in [0.2, 0.25) is 0 Å². The molecule has 0 radical (unpaired) electrons. The van der Waals surface area contributed by atoms with Gasteiger partial charge >= 0.3 is 0 Å². The summed E-state index contributed by atoms with van der Waals surface area (Å²) in [6, 6.07) is 14.3. The number of aromatic nitrogens is 2. The van der Waals surface area contributed by atoms with Crippen LogP contribution in [0.15, 0.2) is 54.9 Å². The maximum Gasteiger partial charge on any atom is 0.136 e. The molecule has 106 valence electrons. The Labute approximate surface area is 124 Å². The summed E-state index contributed by atoms with van der Waals surface area (Å²) in [6.45, 7) is 1.21. The Bertz CT molecular complexity index is 740. The first-order valence-corrected chi connectivity index (χ1v) is 6.96. The third-order valence-electron chi connectivity index (χ3n) is 3.49. The second-order valence-electron chi connectivity index (χ2n) is 5.08. The number of nitrogens with zero attached hydrogens (tertiary/aromatic N) is 3. The fourth-order valence-corrected chi connectivity index (χ4v) is 2.47. The van der Waals surface area contributed by atoms with Crippen molar-refractivity contribution in [3.63, 3.8) is 0 Å². The highest BCUT2D eigenvalue weighted by Crippen LogP contribution is 2.25. The van der Waals surface area contributed by atoms with E-state index in [0.29, 0.717) is 6.54 Å². The zero-order valence-electron chi connectivity index (χ0n) is 12.0. The Morgan fingerprint density at radius 3 is 2.76 bits per heavy atom. The lowest BCUT2D eigenvalue weighted by Crippen LogP contribution is -2.19. The second-order valence-corrected chi connectivity index (χ2v) is 5.08. The first-order valence-electron chi connectivity index (χ1n) is 6.96. The number of hydrogen-bond donors (Lipinski definition) is 1. The van der Waals surface area contributed by atoms with E-state index in [1.165, 1.54) is 5.39 Å². The molecule has 0 atom stereocenters. The van der Waals surface area contributed by atoms with Gasteiger partial charge < -0.3 is 10.6 Å². The van der Waals surface area contributed by atoms with Gasteiger partial charge in [0.05, 0.1) is 5.69 Å². The largest absolute Gasteiger partial charge is 0.355 e. The summed E-state index contributed by atoms with van der Waals surface area (Å²) in [5.41, 5.74) is 7.83. The van der Waals surface area contributed by atoms with E-state index >= 15 is 0 Å². The summed E-state index contributed by atoms with van der Waals surface area (Å²) < 4.78 is 0. The molecule has 0 fully saturated rings. The lowest BCUT2D eigenvalue weighted by Gasteiger charge is -2.21. The molecule has 2 N–H and O–H groups in total. The summed E-state index contributed by atoms with van der Waals surface area (Å²) >= 11 is 0. The molecule has 3 rings (SSSR count). The van der Waals surface area contributed by atoms with Crippen molar-refractivity contribution in [3.05, 3.63) is 66.1 Å². The fourth-order valence-electron chi connectivity index (χ4n) is 2.47. The Morgan fingerprint density at radius 1 is 1.14 bits per heavy atom. The molecule has 2 aromatic heterocycles. The molecule has 3 aromatic rings. The van der Waals surface area contributed by atoms with Crippen LogP contribution in [0.3, 0.4) is 0 Å². The van der Waals surface area contributed by atoms with E-state index in [0.717, 1.165) is 29.0 Å². The quantitative estimate of drug-likeness (QED) is 0.797. The van der Waals surface area contributed by atoms with Crippen LogP contribution < -0.4 is 10.6 Å². The summed E-state index contributed by atoms with van der Waals surface area (Å²) in [7, 11) is 2.04. The molecule has 0 aliphatic rings. The van der Waals surface area contributed by atoms with Crippen molar-refractivity contribution < 1.29 is 0 Å². The van der Waals surface area contributed by atoms with E-state index < -0.39 is 0 Å². The third kappa shape index (κ3) is 2.85. The van der Waals surface area contributed by atoms with Gasteiger partial charge in [-0.25, -0.2) is 4.98 Å². The first kappa shape index (κ1) is 13.5. The minimum atomic E-state index is 0.443. The van der Waals surface area contributed by atoms with Crippen LogP contribution in [0.4, 0.5) is 5.82 Å². The molecule has 0 amide bonds. The number of anilines is 1. The lowest BCUT2D eigenvalue weighted by molar-refractivity contribution is 0.881. The van der Waals surface area contributed by atoms with E-state index in [2.05, 4.69) is 34.1 Å². The highest BCUT2D eigenvalue weighted by Gasteiger charge is 2.10. The van der Waals surface area contributed by atoms with Crippen LogP contribution in [0.2, 0.25) is 0 Å². The van der Waals surface area contributed by atoms with Gasteiger partial charge in [-0.2, -0.15) is 0 Å². The topological polar surface area (TPSA) is 55.0 Å². The fraction of sp³-hybridized carbons (Fsp3) is 0.176. The minimum absolute atomic E-state index is 0.443. The number of benzene rings is 1. The first-order chi connectivity index (χ1) is 10.3. The van der Waals surface area contributed by atoms with Crippen molar-refractivity contribution >= 4 is 16.6 Å². The highest BCUT2D eigenvalue weighted by molar-refractivity contribution is 5.92. The predicted octanol–water partition coefficient (Wildman–Crippen LogP) is 2.72. The summed E-state index contributed by atoms with van der Waals surface area (Å²) in [4.78, 5) is 11.0. The van der Waals surface area contributed by atoms with Crippen LogP contribution in [0, 0.1) is 0 Å². The van der Waals surface area contributed by atoms with Crippen LogP contribution in [0.25, 0.3) is 10.8 Å². The molecule has 0 unspecified atom stereocenters. The maximum atomic E-state index is 5.77. The SMILES string of the molecule is CN(Cc1cccnc1)c1nc(CN)cc2ccccc12. The molecule has 0 aliphatic heterocycles. The molecular weight excluding hydrogens is 260 g/mol. The molecule has 0 saturated carbocycles. The normalized spacial score (nSPS) is 10.8. The average Bonchev–Trinajstić information content (AvgIpc) is 2.54. The van der Waals surface area contributed by atoms with Crippen LogP contribution in [0.5, 0.6) is 0 Å². The number of nitrogens with two attached hydrogens (primary N) is 1.